The normalized spacial score (nSPS) is 22.3. The van der Waals surface area contributed by atoms with E-state index in [0.29, 0.717) is 11.8 Å². The summed E-state index contributed by atoms with van der Waals surface area (Å²) in [5, 5.41) is 3.82. The number of anilines is 1. The molecule has 0 radical (unpaired) electrons. The third-order valence-corrected chi connectivity index (χ3v) is 6.49. The lowest BCUT2D eigenvalue weighted by Gasteiger charge is -2.38. The molecule has 0 fully saturated rings. The lowest BCUT2D eigenvalue weighted by Crippen LogP contribution is -2.29. The molecule has 0 bridgehead atoms. The first-order valence-corrected chi connectivity index (χ1v) is 10.5. The fraction of sp³-hybridized carbons (Fsp3) is 0.200. The zero-order valence-corrected chi connectivity index (χ0v) is 17.3. The zero-order chi connectivity index (χ0) is 19.1. The van der Waals surface area contributed by atoms with Gasteiger partial charge in [0.1, 0.15) is 5.75 Å². The lowest BCUT2D eigenvalue weighted by molar-refractivity contribution is 0.381. The molecule has 0 amide bonds. The number of allylic oxidation sites excluding steroid dienone is 2. The van der Waals surface area contributed by atoms with Crippen molar-refractivity contribution in [2.75, 3.05) is 12.4 Å². The number of nitrogens with one attached hydrogen (secondary N) is 1. The van der Waals surface area contributed by atoms with E-state index in [4.69, 9.17) is 4.74 Å². The first-order chi connectivity index (χ1) is 13.7. The van der Waals surface area contributed by atoms with Crippen LogP contribution in [0.15, 0.2) is 83.4 Å². The topological polar surface area (TPSA) is 21.3 Å². The fourth-order valence-electron chi connectivity index (χ4n) is 4.66. The van der Waals surface area contributed by atoms with Crippen molar-refractivity contribution in [1.29, 1.82) is 0 Å². The Hall–Kier alpha value is -2.52. The standard InChI is InChI=1S/C25H22BrNO/c1-28-24-13-11-18(26)15-22(24)25-20-9-5-8-19(20)21-14-17(10-12-23(21)27-25)16-6-3-2-4-7-16/h2-8,10-15,19-20,25,27H,9H2,1H3/t19-,20-,25-/m1/s1. The third kappa shape index (κ3) is 2.94. The summed E-state index contributed by atoms with van der Waals surface area (Å²) < 4.78 is 6.77. The molecule has 3 aromatic carbocycles. The molecule has 3 atom stereocenters. The lowest BCUT2D eigenvalue weighted by atomic mass is 9.76. The van der Waals surface area contributed by atoms with Crippen LogP contribution in [0.2, 0.25) is 0 Å². The maximum absolute atomic E-state index is 5.69. The van der Waals surface area contributed by atoms with E-state index in [9.17, 15) is 0 Å². The van der Waals surface area contributed by atoms with E-state index in [1.807, 2.05) is 12.1 Å². The van der Waals surface area contributed by atoms with Gasteiger partial charge in [0.15, 0.2) is 0 Å². The number of methoxy groups -OCH3 is 1. The fourth-order valence-corrected chi connectivity index (χ4v) is 5.04. The highest BCUT2D eigenvalue weighted by Gasteiger charge is 2.39. The molecule has 1 aliphatic carbocycles. The first kappa shape index (κ1) is 17.6. The highest BCUT2D eigenvalue weighted by molar-refractivity contribution is 9.10. The quantitative estimate of drug-likeness (QED) is 0.452. The van der Waals surface area contributed by atoms with Gasteiger partial charge in [-0.1, -0.05) is 64.5 Å². The Labute approximate surface area is 174 Å². The average Bonchev–Trinajstić information content (AvgIpc) is 3.24. The Bertz CT molecular complexity index is 1040. The Balaban J connectivity index is 1.59. The number of rotatable bonds is 3. The van der Waals surface area contributed by atoms with Gasteiger partial charge in [-0.05, 0) is 59.4 Å². The summed E-state index contributed by atoms with van der Waals surface area (Å²) in [6.45, 7) is 0. The molecule has 140 valence electrons. The van der Waals surface area contributed by atoms with Crippen molar-refractivity contribution in [3.05, 3.63) is 94.5 Å². The maximum Gasteiger partial charge on any atom is 0.124 e. The highest BCUT2D eigenvalue weighted by Crippen LogP contribution is 2.52. The molecule has 0 saturated heterocycles. The van der Waals surface area contributed by atoms with Gasteiger partial charge in [-0.25, -0.2) is 0 Å². The molecular weight excluding hydrogens is 410 g/mol. The van der Waals surface area contributed by atoms with Crippen molar-refractivity contribution in [2.45, 2.75) is 18.4 Å². The first-order valence-electron chi connectivity index (χ1n) is 9.70. The van der Waals surface area contributed by atoms with Crippen LogP contribution in [0.5, 0.6) is 5.75 Å². The van der Waals surface area contributed by atoms with E-state index < -0.39 is 0 Å². The average molecular weight is 432 g/mol. The summed E-state index contributed by atoms with van der Waals surface area (Å²) in [5.74, 6) is 1.85. The monoisotopic (exact) mass is 431 g/mol. The Morgan fingerprint density at radius 2 is 1.79 bits per heavy atom. The van der Waals surface area contributed by atoms with Crippen molar-refractivity contribution in [2.24, 2.45) is 5.92 Å². The molecule has 0 saturated carbocycles. The molecule has 2 nitrogen and oxygen atoms in total. The van der Waals surface area contributed by atoms with Crippen molar-refractivity contribution in [1.82, 2.24) is 0 Å². The van der Waals surface area contributed by atoms with Gasteiger partial charge in [-0.3, -0.25) is 0 Å². The predicted octanol–water partition coefficient (Wildman–Crippen LogP) is 6.95. The second kappa shape index (κ2) is 7.14. The van der Waals surface area contributed by atoms with Crippen molar-refractivity contribution in [3.8, 4) is 16.9 Å². The highest BCUT2D eigenvalue weighted by atomic mass is 79.9. The summed E-state index contributed by atoms with van der Waals surface area (Å²) in [4.78, 5) is 0. The number of hydrogen-bond acceptors (Lipinski definition) is 2. The Morgan fingerprint density at radius 3 is 2.61 bits per heavy atom. The second-order valence-electron chi connectivity index (χ2n) is 7.53. The Kier molecular flexibility index (Phi) is 4.48. The smallest absolute Gasteiger partial charge is 0.124 e. The van der Waals surface area contributed by atoms with Gasteiger partial charge in [-0.15, -0.1) is 0 Å². The van der Waals surface area contributed by atoms with E-state index in [1.165, 1.54) is 27.9 Å². The maximum atomic E-state index is 5.69. The summed E-state index contributed by atoms with van der Waals surface area (Å²) in [6, 6.07) is 23.9. The zero-order valence-electron chi connectivity index (χ0n) is 15.7. The van der Waals surface area contributed by atoms with Gasteiger partial charge >= 0.3 is 0 Å². The molecular formula is C25H22BrNO. The summed E-state index contributed by atoms with van der Waals surface area (Å²) in [7, 11) is 1.75. The molecule has 1 heterocycles. The SMILES string of the molecule is COc1ccc(Br)cc1[C@@H]1Nc2ccc(-c3ccccc3)cc2[C@@H]2C=CC[C@H]21. The molecule has 3 aromatic rings. The van der Waals surface area contributed by atoms with Crippen molar-refractivity contribution in [3.63, 3.8) is 0 Å². The third-order valence-electron chi connectivity index (χ3n) is 6.00. The van der Waals surface area contributed by atoms with Crippen LogP contribution >= 0.6 is 15.9 Å². The minimum absolute atomic E-state index is 0.225. The predicted molar refractivity (Wildman–Crippen MR) is 119 cm³/mol. The molecule has 2 aliphatic rings. The molecule has 5 rings (SSSR count). The van der Waals surface area contributed by atoms with Crippen LogP contribution < -0.4 is 10.1 Å². The summed E-state index contributed by atoms with van der Waals surface area (Å²) >= 11 is 3.63. The molecule has 0 unspecified atom stereocenters. The van der Waals surface area contributed by atoms with Gasteiger partial charge < -0.3 is 10.1 Å². The minimum Gasteiger partial charge on any atom is -0.496 e. The van der Waals surface area contributed by atoms with Crippen molar-refractivity contribution < 1.29 is 4.74 Å². The van der Waals surface area contributed by atoms with Gasteiger partial charge in [0, 0.05) is 21.6 Å². The van der Waals surface area contributed by atoms with E-state index in [-0.39, 0.29) is 6.04 Å². The van der Waals surface area contributed by atoms with Crippen LogP contribution in [0.4, 0.5) is 5.69 Å². The molecule has 28 heavy (non-hydrogen) atoms. The number of benzene rings is 3. The largest absolute Gasteiger partial charge is 0.496 e. The molecule has 1 N–H and O–H groups in total. The van der Waals surface area contributed by atoms with Crippen LogP contribution in [0, 0.1) is 5.92 Å². The summed E-state index contributed by atoms with van der Waals surface area (Å²) in [6.07, 6.45) is 5.79. The van der Waals surface area contributed by atoms with Crippen LogP contribution in [-0.2, 0) is 0 Å². The minimum atomic E-state index is 0.225. The number of fused-ring (bicyclic) bond motifs is 3. The van der Waals surface area contributed by atoms with Crippen LogP contribution in [0.3, 0.4) is 0 Å². The summed E-state index contributed by atoms with van der Waals surface area (Å²) in [5.41, 5.74) is 6.37. The number of hydrogen-bond donors (Lipinski definition) is 1. The van der Waals surface area contributed by atoms with Gasteiger partial charge in [0.05, 0.1) is 13.2 Å². The number of halogens is 1. The molecule has 3 heteroatoms. The van der Waals surface area contributed by atoms with E-state index >= 15 is 0 Å². The van der Waals surface area contributed by atoms with Crippen LogP contribution in [0.1, 0.15) is 29.5 Å². The van der Waals surface area contributed by atoms with Gasteiger partial charge in [0.2, 0.25) is 0 Å². The van der Waals surface area contributed by atoms with E-state index in [1.54, 1.807) is 7.11 Å². The molecule has 1 aliphatic heterocycles. The second-order valence-corrected chi connectivity index (χ2v) is 8.45. The van der Waals surface area contributed by atoms with Gasteiger partial charge in [0.25, 0.3) is 0 Å². The van der Waals surface area contributed by atoms with Gasteiger partial charge in [-0.2, -0.15) is 0 Å². The van der Waals surface area contributed by atoms with Crippen molar-refractivity contribution >= 4 is 21.6 Å². The molecule has 0 aromatic heterocycles. The van der Waals surface area contributed by atoms with Crippen LogP contribution in [-0.4, -0.2) is 7.11 Å². The number of ether oxygens (including phenoxy) is 1. The van der Waals surface area contributed by atoms with E-state index in [2.05, 4.69) is 88.0 Å². The van der Waals surface area contributed by atoms with E-state index in [0.717, 1.165) is 16.6 Å². The van der Waals surface area contributed by atoms with Crippen LogP contribution in [0.25, 0.3) is 11.1 Å². The Morgan fingerprint density at radius 1 is 0.929 bits per heavy atom. The molecule has 0 spiro atoms.